The predicted octanol–water partition coefficient (Wildman–Crippen LogP) is 4.60. The second-order valence-electron chi connectivity index (χ2n) is 5.58. The molecule has 0 heteroatoms. The van der Waals surface area contributed by atoms with Gasteiger partial charge in [-0.1, -0.05) is 54.4 Å². The molecule has 0 aromatic rings. The van der Waals surface area contributed by atoms with Crippen molar-refractivity contribution in [3.05, 3.63) is 0 Å². The van der Waals surface area contributed by atoms with Gasteiger partial charge in [0.05, 0.1) is 0 Å². The highest BCUT2D eigenvalue weighted by molar-refractivity contribution is 4.89. The molecule has 0 radical (unpaired) electrons. The van der Waals surface area contributed by atoms with Crippen LogP contribution < -0.4 is 0 Å². The first-order valence-electron chi connectivity index (χ1n) is 6.54. The van der Waals surface area contributed by atoms with E-state index >= 15 is 0 Å². The SMILES string of the molecule is CCC1C(C)C(C)C(C)C(CC)C1C. The van der Waals surface area contributed by atoms with Crippen molar-refractivity contribution in [2.45, 2.75) is 54.4 Å². The highest BCUT2D eigenvalue weighted by Gasteiger charge is 2.41. The molecule has 84 valence electrons. The second kappa shape index (κ2) is 4.68. The minimum atomic E-state index is 0.918. The lowest BCUT2D eigenvalue weighted by molar-refractivity contribution is 0.00780. The molecule has 0 nitrogen and oxygen atoms in total. The van der Waals surface area contributed by atoms with Gasteiger partial charge < -0.3 is 0 Å². The molecule has 1 fully saturated rings. The van der Waals surface area contributed by atoms with Crippen molar-refractivity contribution in [2.75, 3.05) is 0 Å². The summed E-state index contributed by atoms with van der Waals surface area (Å²) in [5.74, 6) is 5.63. The van der Waals surface area contributed by atoms with Crippen LogP contribution >= 0.6 is 0 Å². The van der Waals surface area contributed by atoms with Crippen LogP contribution in [-0.2, 0) is 0 Å². The Kier molecular flexibility index (Phi) is 4.04. The van der Waals surface area contributed by atoms with Gasteiger partial charge in [-0.3, -0.25) is 0 Å². The highest BCUT2D eigenvalue weighted by Crippen LogP contribution is 2.47. The Morgan fingerprint density at radius 2 is 0.929 bits per heavy atom. The Morgan fingerprint density at radius 1 is 0.571 bits per heavy atom. The Labute approximate surface area is 90.5 Å². The molecule has 0 aromatic heterocycles. The van der Waals surface area contributed by atoms with Gasteiger partial charge in [-0.05, 0) is 35.5 Å². The molecule has 0 aromatic carbocycles. The Hall–Kier alpha value is 0. The van der Waals surface area contributed by atoms with Gasteiger partial charge in [-0.2, -0.15) is 0 Å². The van der Waals surface area contributed by atoms with Gasteiger partial charge in [-0.15, -0.1) is 0 Å². The molecule has 0 heterocycles. The molecule has 0 spiro atoms. The lowest BCUT2D eigenvalue weighted by atomic mass is 9.57. The number of hydrogen-bond donors (Lipinski definition) is 0. The molecular weight excluding hydrogens is 168 g/mol. The predicted molar refractivity (Wildman–Crippen MR) is 64.2 cm³/mol. The summed E-state index contributed by atoms with van der Waals surface area (Å²) >= 11 is 0. The lowest BCUT2D eigenvalue weighted by Gasteiger charge is -2.48. The topological polar surface area (TPSA) is 0 Å². The van der Waals surface area contributed by atoms with E-state index in [0.29, 0.717) is 0 Å². The maximum Gasteiger partial charge on any atom is -0.0360 e. The first-order valence-corrected chi connectivity index (χ1v) is 6.54. The maximum absolute atomic E-state index is 2.49. The van der Waals surface area contributed by atoms with Gasteiger partial charge in [0.15, 0.2) is 0 Å². The Bertz CT molecular complexity index is 155. The van der Waals surface area contributed by atoms with Crippen molar-refractivity contribution in [1.82, 2.24) is 0 Å². The van der Waals surface area contributed by atoms with Crippen LogP contribution in [0.15, 0.2) is 0 Å². The first kappa shape index (κ1) is 12.1. The third-order valence-electron chi connectivity index (χ3n) is 5.30. The first-order chi connectivity index (χ1) is 6.54. The van der Waals surface area contributed by atoms with E-state index in [-0.39, 0.29) is 0 Å². The zero-order valence-corrected chi connectivity index (χ0v) is 10.9. The normalized spacial score (nSPS) is 49.3. The Morgan fingerprint density at radius 3 is 1.21 bits per heavy atom. The summed E-state index contributed by atoms with van der Waals surface area (Å²) in [6, 6.07) is 0. The minimum Gasteiger partial charge on any atom is -0.0651 e. The summed E-state index contributed by atoms with van der Waals surface area (Å²) in [6.07, 6.45) is 2.74. The van der Waals surface area contributed by atoms with Gasteiger partial charge in [-0.25, -0.2) is 0 Å². The van der Waals surface area contributed by atoms with E-state index in [9.17, 15) is 0 Å². The van der Waals surface area contributed by atoms with E-state index in [0.717, 1.165) is 35.5 Å². The number of hydrogen-bond acceptors (Lipinski definition) is 0. The zero-order chi connectivity index (χ0) is 10.9. The maximum atomic E-state index is 2.49. The third kappa shape index (κ3) is 1.85. The van der Waals surface area contributed by atoms with Gasteiger partial charge in [0.2, 0.25) is 0 Å². The monoisotopic (exact) mass is 196 g/mol. The van der Waals surface area contributed by atoms with Gasteiger partial charge in [0.1, 0.15) is 0 Å². The van der Waals surface area contributed by atoms with Crippen molar-refractivity contribution in [3.8, 4) is 0 Å². The zero-order valence-electron chi connectivity index (χ0n) is 10.9. The van der Waals surface area contributed by atoms with Crippen molar-refractivity contribution >= 4 is 0 Å². The molecule has 14 heavy (non-hydrogen) atoms. The van der Waals surface area contributed by atoms with Crippen LogP contribution in [0.25, 0.3) is 0 Å². The van der Waals surface area contributed by atoms with E-state index in [1.807, 2.05) is 0 Å². The van der Waals surface area contributed by atoms with Crippen molar-refractivity contribution < 1.29 is 0 Å². The van der Waals surface area contributed by atoms with Crippen molar-refractivity contribution in [2.24, 2.45) is 35.5 Å². The molecule has 4 unspecified atom stereocenters. The molecule has 1 aliphatic rings. The quantitative estimate of drug-likeness (QED) is 0.605. The molecule has 0 aliphatic heterocycles. The van der Waals surface area contributed by atoms with Crippen molar-refractivity contribution in [3.63, 3.8) is 0 Å². The van der Waals surface area contributed by atoms with Crippen LogP contribution in [0.5, 0.6) is 0 Å². The minimum absolute atomic E-state index is 0.918. The van der Waals surface area contributed by atoms with Crippen LogP contribution in [-0.4, -0.2) is 0 Å². The molecule has 1 aliphatic carbocycles. The average molecular weight is 196 g/mol. The largest absolute Gasteiger partial charge is 0.0651 e. The van der Waals surface area contributed by atoms with Crippen molar-refractivity contribution in [1.29, 1.82) is 0 Å². The summed E-state index contributed by atoms with van der Waals surface area (Å²) in [7, 11) is 0. The fourth-order valence-electron chi connectivity index (χ4n) is 4.02. The average Bonchev–Trinajstić information content (AvgIpc) is 2.16. The van der Waals surface area contributed by atoms with Crippen LogP contribution in [0.3, 0.4) is 0 Å². The number of rotatable bonds is 2. The third-order valence-corrected chi connectivity index (χ3v) is 5.30. The molecule has 4 atom stereocenters. The van der Waals surface area contributed by atoms with E-state index in [1.165, 1.54) is 12.8 Å². The van der Waals surface area contributed by atoms with E-state index in [4.69, 9.17) is 0 Å². The van der Waals surface area contributed by atoms with Gasteiger partial charge in [0.25, 0.3) is 0 Å². The van der Waals surface area contributed by atoms with Crippen LogP contribution in [0.2, 0.25) is 0 Å². The fraction of sp³-hybridized carbons (Fsp3) is 1.00. The highest BCUT2D eigenvalue weighted by atomic mass is 14.5. The molecule has 0 N–H and O–H groups in total. The molecule has 1 saturated carbocycles. The summed E-state index contributed by atoms with van der Waals surface area (Å²) in [5, 5.41) is 0. The summed E-state index contributed by atoms with van der Waals surface area (Å²) in [5.41, 5.74) is 0. The fourth-order valence-corrected chi connectivity index (χ4v) is 4.02. The molecule has 0 bridgehead atoms. The van der Waals surface area contributed by atoms with Crippen LogP contribution in [0.1, 0.15) is 54.4 Å². The summed E-state index contributed by atoms with van der Waals surface area (Å²) in [6.45, 7) is 14.6. The standard InChI is InChI=1S/C14H28/c1-7-13-10(4)9(3)11(5)14(8-2)12(13)6/h9-14H,7-8H2,1-6H3. The second-order valence-corrected chi connectivity index (χ2v) is 5.58. The molecule has 0 amide bonds. The van der Waals surface area contributed by atoms with Gasteiger partial charge >= 0.3 is 0 Å². The summed E-state index contributed by atoms with van der Waals surface area (Å²) in [4.78, 5) is 0. The smallest absolute Gasteiger partial charge is 0.0360 e. The van der Waals surface area contributed by atoms with Crippen LogP contribution in [0.4, 0.5) is 0 Å². The Balaban J connectivity index is 2.82. The van der Waals surface area contributed by atoms with E-state index < -0.39 is 0 Å². The lowest BCUT2D eigenvalue weighted by Crippen LogP contribution is -2.41. The van der Waals surface area contributed by atoms with Crippen LogP contribution in [0, 0.1) is 35.5 Å². The molecular formula is C14H28. The molecule has 0 saturated heterocycles. The molecule has 1 rings (SSSR count). The summed E-state index contributed by atoms with van der Waals surface area (Å²) < 4.78 is 0. The van der Waals surface area contributed by atoms with Gasteiger partial charge in [0, 0.05) is 0 Å². The van der Waals surface area contributed by atoms with E-state index in [2.05, 4.69) is 41.5 Å². The van der Waals surface area contributed by atoms with E-state index in [1.54, 1.807) is 0 Å².